The topological polar surface area (TPSA) is 61.8 Å². The van der Waals surface area contributed by atoms with Crippen LogP contribution in [0.3, 0.4) is 0 Å². The molecule has 0 bridgehead atoms. The Kier molecular flexibility index (Phi) is 7.54. The third-order valence-electron chi connectivity index (χ3n) is 5.07. The van der Waals surface area contributed by atoms with Crippen molar-refractivity contribution in [2.75, 3.05) is 7.11 Å². The van der Waals surface area contributed by atoms with E-state index in [4.69, 9.17) is 14.2 Å². The van der Waals surface area contributed by atoms with Crippen LogP contribution >= 0.6 is 0 Å². The van der Waals surface area contributed by atoms with Gasteiger partial charge in [-0.3, -0.25) is 0 Å². The monoisotopic (exact) mass is 446 g/mol. The minimum atomic E-state index is -0.541. The fourth-order valence-corrected chi connectivity index (χ4v) is 3.44. The summed E-state index contributed by atoms with van der Waals surface area (Å²) in [5.74, 6) is -0.0823. The zero-order valence-corrected chi connectivity index (χ0v) is 19.8. The predicted molar refractivity (Wildman–Crippen MR) is 129 cm³/mol. The quantitative estimate of drug-likeness (QED) is 0.402. The molecule has 0 aliphatic heterocycles. The van der Waals surface area contributed by atoms with Gasteiger partial charge in [-0.25, -0.2) is 9.59 Å². The summed E-state index contributed by atoms with van der Waals surface area (Å²) < 4.78 is 16.5. The van der Waals surface area contributed by atoms with Crippen LogP contribution in [0.2, 0.25) is 0 Å². The first-order valence-corrected chi connectivity index (χ1v) is 11.0. The average Bonchev–Trinajstić information content (AvgIpc) is 2.81. The van der Waals surface area contributed by atoms with E-state index in [-0.39, 0.29) is 5.97 Å². The van der Waals surface area contributed by atoms with Crippen LogP contribution < -0.4 is 4.74 Å². The first-order chi connectivity index (χ1) is 15.7. The van der Waals surface area contributed by atoms with Crippen LogP contribution in [0.5, 0.6) is 5.75 Å². The van der Waals surface area contributed by atoms with Gasteiger partial charge in [-0.15, -0.1) is 0 Å². The van der Waals surface area contributed by atoms with E-state index < -0.39 is 11.6 Å². The van der Waals surface area contributed by atoms with Gasteiger partial charge in [-0.05, 0) is 74.2 Å². The largest absolute Gasteiger partial charge is 0.488 e. The number of hydrogen-bond acceptors (Lipinski definition) is 5. The zero-order chi connectivity index (χ0) is 24.0. The Morgan fingerprint density at radius 1 is 0.818 bits per heavy atom. The lowest BCUT2D eigenvalue weighted by molar-refractivity contribution is 0.00692. The third kappa shape index (κ3) is 6.22. The van der Waals surface area contributed by atoms with Crippen molar-refractivity contribution in [3.05, 3.63) is 89.0 Å². The highest BCUT2D eigenvalue weighted by atomic mass is 16.6. The number of carbonyl (C=O) groups is 2. The van der Waals surface area contributed by atoms with E-state index in [1.54, 1.807) is 30.3 Å². The molecule has 3 aromatic rings. The van der Waals surface area contributed by atoms with Gasteiger partial charge in [0, 0.05) is 5.56 Å². The van der Waals surface area contributed by atoms with E-state index in [2.05, 4.69) is 13.0 Å². The van der Waals surface area contributed by atoms with Crippen molar-refractivity contribution in [1.82, 2.24) is 0 Å². The molecule has 0 heterocycles. The van der Waals surface area contributed by atoms with Gasteiger partial charge >= 0.3 is 11.9 Å². The van der Waals surface area contributed by atoms with E-state index in [0.29, 0.717) is 23.5 Å². The molecular weight excluding hydrogens is 416 g/mol. The van der Waals surface area contributed by atoms with Gasteiger partial charge in [-0.1, -0.05) is 43.3 Å². The maximum atomic E-state index is 12.2. The van der Waals surface area contributed by atoms with Crippen molar-refractivity contribution < 1.29 is 23.8 Å². The SMILES string of the molecule is CCc1ccccc1-c1cc(C(=O)OC)ccc1OCc1ccc(C(=O)OC(C)(C)C)cc1. The van der Waals surface area contributed by atoms with E-state index in [1.807, 2.05) is 51.1 Å². The molecule has 0 N–H and O–H groups in total. The lowest BCUT2D eigenvalue weighted by Gasteiger charge is -2.19. The molecule has 5 heteroatoms. The van der Waals surface area contributed by atoms with E-state index in [1.165, 1.54) is 7.11 Å². The van der Waals surface area contributed by atoms with Crippen molar-refractivity contribution in [2.45, 2.75) is 46.3 Å². The van der Waals surface area contributed by atoms with E-state index in [9.17, 15) is 9.59 Å². The molecule has 0 aliphatic carbocycles. The predicted octanol–water partition coefficient (Wildman–Crippen LogP) is 6.24. The van der Waals surface area contributed by atoms with Crippen molar-refractivity contribution in [1.29, 1.82) is 0 Å². The van der Waals surface area contributed by atoms with Crippen molar-refractivity contribution in [3.8, 4) is 16.9 Å². The van der Waals surface area contributed by atoms with Crippen molar-refractivity contribution in [2.24, 2.45) is 0 Å². The van der Waals surface area contributed by atoms with Crippen molar-refractivity contribution >= 4 is 11.9 Å². The Labute approximate surface area is 195 Å². The van der Waals surface area contributed by atoms with Crippen molar-refractivity contribution in [3.63, 3.8) is 0 Å². The minimum absolute atomic E-state index is 0.313. The first kappa shape index (κ1) is 24.1. The number of methoxy groups -OCH3 is 1. The molecule has 0 aromatic heterocycles. The van der Waals surface area contributed by atoms with Crippen LogP contribution in [0.25, 0.3) is 11.1 Å². The summed E-state index contributed by atoms with van der Waals surface area (Å²) in [6.45, 7) is 7.93. The van der Waals surface area contributed by atoms with Gasteiger partial charge in [0.2, 0.25) is 0 Å². The normalized spacial score (nSPS) is 11.1. The molecular formula is C28H30O5. The second-order valence-corrected chi connectivity index (χ2v) is 8.70. The Bertz CT molecular complexity index is 1120. The smallest absolute Gasteiger partial charge is 0.338 e. The summed E-state index contributed by atoms with van der Waals surface area (Å²) in [5.41, 5.74) is 4.34. The molecule has 33 heavy (non-hydrogen) atoms. The Morgan fingerprint density at radius 2 is 1.48 bits per heavy atom. The second-order valence-electron chi connectivity index (χ2n) is 8.70. The van der Waals surface area contributed by atoms with Crippen LogP contribution in [-0.4, -0.2) is 24.6 Å². The summed E-state index contributed by atoms with van der Waals surface area (Å²) >= 11 is 0. The van der Waals surface area contributed by atoms with Crippen LogP contribution in [0, 0.1) is 0 Å². The van der Waals surface area contributed by atoms with Crippen LogP contribution in [-0.2, 0) is 22.5 Å². The number of rotatable bonds is 7. The Morgan fingerprint density at radius 3 is 2.12 bits per heavy atom. The molecule has 0 atom stereocenters. The summed E-state index contributed by atoms with van der Waals surface area (Å²) in [6, 6.07) is 20.5. The van der Waals surface area contributed by atoms with Crippen LogP contribution in [0.15, 0.2) is 66.7 Å². The maximum Gasteiger partial charge on any atom is 0.338 e. The third-order valence-corrected chi connectivity index (χ3v) is 5.07. The summed E-state index contributed by atoms with van der Waals surface area (Å²) in [7, 11) is 1.37. The average molecular weight is 447 g/mol. The Hall–Kier alpha value is -3.60. The molecule has 3 aromatic carbocycles. The highest BCUT2D eigenvalue weighted by molar-refractivity contribution is 5.92. The standard InChI is InChI=1S/C28H30O5/c1-6-20-9-7-8-10-23(20)24-17-22(26(29)31-5)15-16-25(24)32-18-19-11-13-21(14-12-19)27(30)33-28(2,3)4/h7-17H,6,18H2,1-5H3. The molecule has 0 unspecified atom stereocenters. The van der Waals surface area contributed by atoms with Gasteiger partial charge in [-0.2, -0.15) is 0 Å². The summed E-state index contributed by atoms with van der Waals surface area (Å²) in [6.07, 6.45) is 0.851. The second kappa shape index (κ2) is 10.3. The van der Waals surface area contributed by atoms with Gasteiger partial charge in [0.15, 0.2) is 0 Å². The molecule has 5 nitrogen and oxygen atoms in total. The minimum Gasteiger partial charge on any atom is -0.488 e. The van der Waals surface area contributed by atoms with E-state index in [0.717, 1.165) is 28.7 Å². The molecule has 0 fully saturated rings. The molecule has 172 valence electrons. The summed E-state index contributed by atoms with van der Waals surface area (Å²) in [5, 5.41) is 0. The molecule has 3 rings (SSSR count). The highest BCUT2D eigenvalue weighted by Gasteiger charge is 2.18. The number of ether oxygens (including phenoxy) is 3. The molecule has 0 amide bonds. The van der Waals surface area contributed by atoms with Crippen LogP contribution in [0.4, 0.5) is 0 Å². The summed E-state index contributed by atoms with van der Waals surface area (Å²) in [4.78, 5) is 24.3. The molecule has 0 aliphatic rings. The van der Waals surface area contributed by atoms with E-state index >= 15 is 0 Å². The van der Waals surface area contributed by atoms with Gasteiger partial charge in [0.25, 0.3) is 0 Å². The fraction of sp³-hybridized carbons (Fsp3) is 0.286. The lowest BCUT2D eigenvalue weighted by atomic mass is 9.96. The van der Waals surface area contributed by atoms with Gasteiger partial charge in [0.1, 0.15) is 18.0 Å². The molecule has 0 spiro atoms. The van der Waals surface area contributed by atoms with Gasteiger partial charge in [0.05, 0.1) is 18.2 Å². The fourth-order valence-electron chi connectivity index (χ4n) is 3.44. The lowest BCUT2D eigenvalue weighted by Crippen LogP contribution is -2.23. The number of esters is 2. The number of hydrogen-bond donors (Lipinski definition) is 0. The molecule has 0 saturated heterocycles. The Balaban J connectivity index is 1.85. The van der Waals surface area contributed by atoms with Gasteiger partial charge < -0.3 is 14.2 Å². The van der Waals surface area contributed by atoms with Crippen LogP contribution in [0.1, 0.15) is 59.5 Å². The first-order valence-electron chi connectivity index (χ1n) is 11.0. The zero-order valence-electron chi connectivity index (χ0n) is 19.8. The maximum absolute atomic E-state index is 12.2. The number of aryl methyl sites for hydroxylation is 1. The number of carbonyl (C=O) groups excluding carboxylic acids is 2. The molecule has 0 saturated carbocycles. The number of benzene rings is 3. The molecule has 0 radical (unpaired) electrons. The highest BCUT2D eigenvalue weighted by Crippen LogP contribution is 2.34.